The molecule has 6 heteroatoms. The summed E-state index contributed by atoms with van der Waals surface area (Å²) in [6.07, 6.45) is 8.20. The Balaban J connectivity index is 1.54. The second kappa shape index (κ2) is 13.3. The molecule has 0 aromatic heterocycles. The van der Waals surface area contributed by atoms with Gasteiger partial charge in [0.05, 0.1) is 23.2 Å². The Kier molecular flexibility index (Phi) is 9.62. The van der Waals surface area contributed by atoms with Crippen LogP contribution in [0.25, 0.3) is 17.2 Å². The highest BCUT2D eigenvalue weighted by atomic mass is 16.5. The molecule has 3 aromatic carbocycles. The number of hydrogen-bond donors (Lipinski definition) is 1. The molecule has 41 heavy (non-hydrogen) atoms. The van der Waals surface area contributed by atoms with Crippen LogP contribution < -0.4 is 10.2 Å². The van der Waals surface area contributed by atoms with Crippen LogP contribution in [-0.4, -0.2) is 32.1 Å². The van der Waals surface area contributed by atoms with Gasteiger partial charge in [0.25, 0.3) is 0 Å². The molecule has 212 valence electrons. The van der Waals surface area contributed by atoms with E-state index < -0.39 is 11.4 Å². The molecule has 6 nitrogen and oxygen atoms in total. The second-order valence-electron chi connectivity index (χ2n) is 11.3. The average Bonchev–Trinajstić information content (AvgIpc) is 2.96. The van der Waals surface area contributed by atoms with Crippen molar-refractivity contribution in [2.24, 2.45) is 5.41 Å². The highest BCUT2D eigenvalue weighted by molar-refractivity contribution is 5.96. The lowest BCUT2D eigenvalue weighted by Gasteiger charge is -2.36. The van der Waals surface area contributed by atoms with Crippen LogP contribution in [0.2, 0.25) is 0 Å². The van der Waals surface area contributed by atoms with Crippen LogP contribution in [0.3, 0.4) is 0 Å². The van der Waals surface area contributed by atoms with E-state index in [4.69, 9.17) is 4.74 Å². The number of ether oxygens (including phenoxy) is 1. The first-order chi connectivity index (χ1) is 19.7. The van der Waals surface area contributed by atoms with E-state index in [1.807, 2.05) is 93.5 Å². The lowest BCUT2D eigenvalue weighted by molar-refractivity contribution is -0.141. The summed E-state index contributed by atoms with van der Waals surface area (Å²) < 4.78 is 5.16. The van der Waals surface area contributed by atoms with Gasteiger partial charge in [0.1, 0.15) is 0 Å². The first-order valence-electron chi connectivity index (χ1n) is 14.3. The van der Waals surface area contributed by atoms with Gasteiger partial charge in [0.15, 0.2) is 0 Å². The fourth-order valence-corrected chi connectivity index (χ4v) is 5.51. The number of carbonyl (C=O) groups excluding carboxylic acids is 2. The van der Waals surface area contributed by atoms with Crippen molar-refractivity contribution >= 4 is 29.3 Å². The number of carbonyl (C=O) groups is 2. The molecular weight excluding hydrogens is 510 g/mol. The van der Waals surface area contributed by atoms with Crippen LogP contribution >= 0.6 is 0 Å². The standard InChI is InChI=1S/C35H39N3O3/c1-25(2)41-33(39)18-12-26-9-8-10-30(22-26)37-34(40)35(19-6-5-7-20-35)23-27-11-17-32(29(21-27)24-36)28-13-15-31(16-14-28)38(3)4/h8-18,21-22,25H,5-7,19-20,23H2,1-4H3,(H,37,40)/b18-12+. The molecule has 0 aliphatic heterocycles. The van der Waals surface area contributed by atoms with Gasteiger partial charge < -0.3 is 15.0 Å². The van der Waals surface area contributed by atoms with E-state index in [0.717, 1.165) is 60.0 Å². The molecular formula is C35H39N3O3. The molecule has 0 bridgehead atoms. The first kappa shape index (κ1) is 29.6. The third-order valence-electron chi connectivity index (χ3n) is 7.64. The van der Waals surface area contributed by atoms with E-state index in [2.05, 4.69) is 17.5 Å². The number of nitrogens with zero attached hydrogens (tertiary/aromatic N) is 2. The number of amides is 1. The van der Waals surface area contributed by atoms with Crippen molar-refractivity contribution < 1.29 is 14.3 Å². The fraction of sp³-hybridized carbons (Fsp3) is 0.343. The largest absolute Gasteiger partial charge is 0.460 e. The Hall–Kier alpha value is -4.37. The maximum Gasteiger partial charge on any atom is 0.331 e. The van der Waals surface area contributed by atoms with Crippen molar-refractivity contribution in [2.45, 2.75) is 58.5 Å². The molecule has 1 amide bonds. The third-order valence-corrected chi connectivity index (χ3v) is 7.64. The van der Waals surface area contributed by atoms with Crippen molar-refractivity contribution in [1.29, 1.82) is 5.26 Å². The van der Waals surface area contributed by atoms with Crippen molar-refractivity contribution in [3.05, 3.63) is 89.5 Å². The Morgan fingerprint density at radius 1 is 1.02 bits per heavy atom. The molecule has 1 fully saturated rings. The summed E-state index contributed by atoms with van der Waals surface area (Å²) >= 11 is 0. The van der Waals surface area contributed by atoms with Gasteiger partial charge in [0.2, 0.25) is 5.91 Å². The Labute approximate surface area is 243 Å². The van der Waals surface area contributed by atoms with E-state index in [-0.39, 0.29) is 12.0 Å². The summed E-state index contributed by atoms with van der Waals surface area (Å²) in [7, 11) is 4.00. The van der Waals surface area contributed by atoms with Crippen LogP contribution in [-0.2, 0) is 20.7 Å². The number of esters is 1. The van der Waals surface area contributed by atoms with Crippen molar-refractivity contribution in [2.75, 3.05) is 24.3 Å². The molecule has 0 spiro atoms. The minimum atomic E-state index is -0.549. The van der Waals surface area contributed by atoms with Gasteiger partial charge in [-0.3, -0.25) is 4.79 Å². The zero-order chi connectivity index (χ0) is 29.4. The molecule has 1 aliphatic carbocycles. The van der Waals surface area contributed by atoms with E-state index in [9.17, 15) is 14.9 Å². The first-order valence-corrected chi connectivity index (χ1v) is 14.3. The Bertz CT molecular complexity index is 1440. The summed E-state index contributed by atoms with van der Waals surface area (Å²) in [6.45, 7) is 3.62. The second-order valence-corrected chi connectivity index (χ2v) is 11.3. The van der Waals surface area contributed by atoms with E-state index in [0.29, 0.717) is 17.7 Å². The summed E-state index contributed by atoms with van der Waals surface area (Å²) in [6, 6.07) is 24.0. The van der Waals surface area contributed by atoms with E-state index >= 15 is 0 Å². The predicted octanol–water partition coefficient (Wildman–Crippen LogP) is 7.39. The molecule has 0 heterocycles. The number of benzene rings is 3. The normalized spacial score (nSPS) is 14.4. The summed E-state index contributed by atoms with van der Waals surface area (Å²) in [5.41, 5.74) is 5.54. The number of anilines is 2. The van der Waals surface area contributed by atoms with Gasteiger partial charge in [-0.2, -0.15) is 5.26 Å². The van der Waals surface area contributed by atoms with Crippen molar-refractivity contribution in [3.8, 4) is 17.2 Å². The van der Waals surface area contributed by atoms with Gasteiger partial charge >= 0.3 is 5.97 Å². The van der Waals surface area contributed by atoms with E-state index in [1.165, 1.54) is 6.08 Å². The van der Waals surface area contributed by atoms with Gasteiger partial charge in [-0.25, -0.2) is 4.79 Å². The molecule has 0 radical (unpaired) electrons. The summed E-state index contributed by atoms with van der Waals surface area (Å²) in [5.74, 6) is -0.400. The number of nitriles is 1. The summed E-state index contributed by atoms with van der Waals surface area (Å²) in [5, 5.41) is 13.2. The maximum atomic E-state index is 13.9. The Morgan fingerprint density at radius 3 is 2.41 bits per heavy atom. The summed E-state index contributed by atoms with van der Waals surface area (Å²) in [4.78, 5) is 27.8. The van der Waals surface area contributed by atoms with Crippen molar-refractivity contribution in [1.82, 2.24) is 0 Å². The molecule has 0 atom stereocenters. The number of nitrogens with one attached hydrogen (secondary N) is 1. The monoisotopic (exact) mass is 549 g/mol. The molecule has 1 saturated carbocycles. The molecule has 0 unspecified atom stereocenters. The van der Waals surface area contributed by atoms with Crippen LogP contribution in [0.4, 0.5) is 11.4 Å². The topological polar surface area (TPSA) is 82.4 Å². The third kappa shape index (κ3) is 7.64. The van der Waals surface area contributed by atoms with Crippen LogP contribution in [0.5, 0.6) is 0 Å². The fourth-order valence-electron chi connectivity index (χ4n) is 5.51. The van der Waals surface area contributed by atoms with Gasteiger partial charge in [0, 0.05) is 31.5 Å². The average molecular weight is 550 g/mol. The minimum Gasteiger partial charge on any atom is -0.460 e. The van der Waals surface area contributed by atoms with Crippen LogP contribution in [0.15, 0.2) is 72.8 Å². The Morgan fingerprint density at radius 2 is 1.76 bits per heavy atom. The lowest BCUT2D eigenvalue weighted by atomic mass is 9.69. The highest BCUT2D eigenvalue weighted by Gasteiger charge is 2.39. The van der Waals surface area contributed by atoms with Gasteiger partial charge in [-0.15, -0.1) is 0 Å². The number of rotatable bonds is 9. The zero-order valence-corrected chi connectivity index (χ0v) is 24.4. The quantitative estimate of drug-likeness (QED) is 0.222. The minimum absolute atomic E-state index is 0.000550. The molecule has 0 saturated heterocycles. The van der Waals surface area contributed by atoms with E-state index in [1.54, 1.807) is 6.08 Å². The molecule has 4 rings (SSSR count). The van der Waals surface area contributed by atoms with Gasteiger partial charge in [-0.05, 0) is 91.8 Å². The lowest BCUT2D eigenvalue weighted by Crippen LogP contribution is -2.40. The van der Waals surface area contributed by atoms with Crippen LogP contribution in [0, 0.1) is 16.7 Å². The highest BCUT2D eigenvalue weighted by Crippen LogP contribution is 2.41. The van der Waals surface area contributed by atoms with Crippen LogP contribution in [0.1, 0.15) is 62.6 Å². The molecule has 3 aromatic rings. The van der Waals surface area contributed by atoms with Gasteiger partial charge in [-0.1, -0.05) is 55.7 Å². The zero-order valence-electron chi connectivity index (χ0n) is 24.4. The van der Waals surface area contributed by atoms with Crippen molar-refractivity contribution in [3.63, 3.8) is 0 Å². The maximum absolute atomic E-state index is 13.9. The SMILES string of the molecule is CC(C)OC(=O)/C=C/c1cccc(NC(=O)C2(Cc3ccc(-c4ccc(N(C)C)cc4)c(C#N)c3)CCCCC2)c1. The predicted molar refractivity (Wildman–Crippen MR) is 165 cm³/mol. The number of hydrogen-bond acceptors (Lipinski definition) is 5. The smallest absolute Gasteiger partial charge is 0.331 e. The molecule has 1 N–H and O–H groups in total. The molecule has 1 aliphatic rings.